The molecule has 39 heavy (non-hydrogen) atoms. The van der Waals surface area contributed by atoms with Crippen LogP contribution in [0, 0.1) is 51.5 Å². The summed E-state index contributed by atoms with van der Waals surface area (Å²) in [7, 11) is 0. The van der Waals surface area contributed by atoms with E-state index >= 15 is 0 Å². The topological polar surface area (TPSA) is 50.2 Å². The van der Waals surface area contributed by atoms with Crippen LogP contribution >= 0.6 is 0 Å². The van der Waals surface area contributed by atoms with Crippen molar-refractivity contribution in [3.63, 3.8) is 0 Å². The Labute approximate surface area is 248 Å². The first-order chi connectivity index (χ1) is 17.5. The zero-order chi connectivity index (χ0) is 28.6. The number of aryl methyl sites for hydroxylation is 4. The number of nitrogens with zero attached hydrogens (tertiary/aromatic N) is 1. The minimum atomic E-state index is -0.417. The molecule has 0 saturated carbocycles. The van der Waals surface area contributed by atoms with Crippen LogP contribution in [0.2, 0.25) is 0 Å². The van der Waals surface area contributed by atoms with E-state index in [0.717, 1.165) is 11.3 Å². The molecule has 0 bridgehead atoms. The number of benzene rings is 3. The van der Waals surface area contributed by atoms with Crippen LogP contribution in [0.4, 0.5) is 0 Å². The van der Waals surface area contributed by atoms with Gasteiger partial charge >= 0.3 is 0 Å². The third kappa shape index (κ3) is 7.24. The van der Waals surface area contributed by atoms with Crippen molar-refractivity contribution < 1.29 is 30.0 Å². The van der Waals surface area contributed by atoms with Crippen LogP contribution in [-0.4, -0.2) is 15.9 Å². The summed E-state index contributed by atoms with van der Waals surface area (Å²) in [6.07, 6.45) is 3.25. The van der Waals surface area contributed by atoms with Gasteiger partial charge in [0.1, 0.15) is 5.76 Å². The maximum absolute atomic E-state index is 11.5. The quantitative estimate of drug-likeness (QED) is 0.0982. The number of allylic oxidation sites excluding steroid dienone is 2. The van der Waals surface area contributed by atoms with Gasteiger partial charge in [-0.1, -0.05) is 86.6 Å². The number of aliphatic hydroxyl groups is 1. The number of fused-ring (bicyclic) bond motifs is 3. The fourth-order valence-corrected chi connectivity index (χ4v) is 4.18. The molecule has 1 aromatic heterocycles. The molecule has 4 heteroatoms. The molecule has 4 aromatic rings. The van der Waals surface area contributed by atoms with Crippen LogP contribution in [-0.2, 0) is 24.9 Å². The summed E-state index contributed by atoms with van der Waals surface area (Å²) in [5.74, 6) is 0.104. The van der Waals surface area contributed by atoms with Crippen LogP contribution in [0.1, 0.15) is 69.4 Å². The molecule has 1 heterocycles. The van der Waals surface area contributed by atoms with Gasteiger partial charge in [-0.3, -0.25) is 4.79 Å². The number of aromatic nitrogens is 1. The van der Waals surface area contributed by atoms with E-state index in [1.54, 1.807) is 0 Å². The van der Waals surface area contributed by atoms with Crippen LogP contribution < -0.4 is 0 Å². The van der Waals surface area contributed by atoms with Gasteiger partial charge in [-0.2, -0.15) is 0 Å². The van der Waals surface area contributed by atoms with Crippen LogP contribution in [0.15, 0.2) is 54.4 Å². The molecule has 0 amide bonds. The third-order valence-corrected chi connectivity index (χ3v) is 7.35. The fourth-order valence-electron chi connectivity index (χ4n) is 4.18. The number of hydrogen-bond donors (Lipinski definition) is 1. The summed E-state index contributed by atoms with van der Waals surface area (Å²) in [5, 5.41) is 14.6. The van der Waals surface area contributed by atoms with Gasteiger partial charge in [0.05, 0.1) is 0 Å². The molecule has 0 saturated heterocycles. The summed E-state index contributed by atoms with van der Waals surface area (Å²) in [6.45, 7) is 21.9. The second-order valence-electron chi connectivity index (χ2n) is 12.4. The van der Waals surface area contributed by atoms with Crippen molar-refractivity contribution in [1.82, 2.24) is 4.98 Å². The van der Waals surface area contributed by atoms with Gasteiger partial charge in [-0.15, -0.1) is 34.4 Å². The molecule has 3 aromatic carbocycles. The number of carbonyl (C=O) groups excluding carboxylic acids is 1. The van der Waals surface area contributed by atoms with E-state index in [9.17, 15) is 9.90 Å². The van der Waals surface area contributed by atoms with Crippen molar-refractivity contribution >= 4 is 27.3 Å². The molecule has 0 aliphatic heterocycles. The second-order valence-corrected chi connectivity index (χ2v) is 12.4. The smallest absolute Gasteiger partial charge is 0.164 e. The number of carbonyl (C=O) groups is 1. The van der Waals surface area contributed by atoms with Crippen LogP contribution in [0.25, 0.3) is 32.8 Å². The maximum Gasteiger partial charge on any atom is 0.164 e. The van der Waals surface area contributed by atoms with Crippen molar-refractivity contribution in [2.45, 2.75) is 76.2 Å². The Morgan fingerprint density at radius 1 is 0.769 bits per heavy atom. The number of pyridine rings is 1. The van der Waals surface area contributed by atoms with Gasteiger partial charge in [0, 0.05) is 43.2 Å². The molecule has 0 unspecified atom stereocenters. The molecule has 0 aliphatic rings. The normalized spacial score (nSPS) is 12.1. The van der Waals surface area contributed by atoms with Gasteiger partial charge in [0.15, 0.2) is 5.78 Å². The van der Waals surface area contributed by atoms with E-state index in [2.05, 4.69) is 77.1 Å². The average Bonchev–Trinajstić information content (AvgIpc) is 2.83. The summed E-state index contributed by atoms with van der Waals surface area (Å²) in [5.41, 5.74) is 7.81. The Morgan fingerprint density at radius 2 is 1.33 bits per heavy atom. The zero-order valence-corrected chi connectivity index (χ0v) is 27.6. The molecule has 0 aliphatic carbocycles. The Morgan fingerprint density at radius 3 is 1.90 bits per heavy atom. The third-order valence-electron chi connectivity index (χ3n) is 7.35. The predicted octanol–water partition coefficient (Wildman–Crippen LogP) is 9.48. The summed E-state index contributed by atoms with van der Waals surface area (Å²) in [4.78, 5) is 16.2. The molecular weight excluding hydrogens is 659 g/mol. The number of aliphatic hydroxyl groups excluding tert-OH is 1. The van der Waals surface area contributed by atoms with Gasteiger partial charge in [-0.25, -0.2) is 0 Å². The Hall–Kier alpha value is -2.81. The number of hydrogen-bond acceptors (Lipinski definition) is 3. The Kier molecular flexibility index (Phi) is 10.1. The van der Waals surface area contributed by atoms with Crippen molar-refractivity contribution in [3.8, 4) is 11.3 Å². The first-order valence-electron chi connectivity index (χ1n) is 13.3. The fraction of sp³-hybridized carbons (Fsp3) is 0.371. The standard InChI is InChI=1S/C24H22N.C11H20O2.Ir/c1-14-6-7-21-20(18(14)5)8-9-23-22(21)10-11-25-24(23)19-12-15(2)17(4)16(3)13-19;1-10(2,3)8(12)7-9(13)11(4,5)6;/h6-12H,1-5H3;7,12H,1-6H3;/q-1;;/b;8-7-;. The molecule has 0 spiro atoms. The Bertz CT molecular complexity index is 1530. The van der Waals surface area contributed by atoms with E-state index in [-0.39, 0.29) is 37.1 Å². The predicted molar refractivity (Wildman–Crippen MR) is 162 cm³/mol. The molecule has 0 fully saturated rings. The van der Waals surface area contributed by atoms with Crippen molar-refractivity contribution in [3.05, 3.63) is 88.3 Å². The largest absolute Gasteiger partial charge is 0.512 e. The van der Waals surface area contributed by atoms with Gasteiger partial charge in [-0.05, 0) is 58.3 Å². The first-order valence-corrected chi connectivity index (χ1v) is 13.3. The molecule has 3 nitrogen and oxygen atoms in total. The Balaban J connectivity index is 0.000000328. The van der Waals surface area contributed by atoms with E-state index in [0.29, 0.717) is 0 Å². The molecule has 0 atom stereocenters. The molecular formula is C35H42IrNO2-. The van der Waals surface area contributed by atoms with E-state index in [4.69, 9.17) is 4.98 Å². The summed E-state index contributed by atoms with van der Waals surface area (Å²) in [6, 6.07) is 16.8. The van der Waals surface area contributed by atoms with Crippen molar-refractivity contribution in [1.29, 1.82) is 0 Å². The van der Waals surface area contributed by atoms with Crippen LogP contribution in [0.3, 0.4) is 0 Å². The molecule has 4 rings (SSSR count). The van der Waals surface area contributed by atoms with Crippen molar-refractivity contribution in [2.24, 2.45) is 10.8 Å². The van der Waals surface area contributed by atoms with Gasteiger partial charge in [0.2, 0.25) is 0 Å². The minimum absolute atomic E-state index is 0. The van der Waals surface area contributed by atoms with Gasteiger partial charge in [0.25, 0.3) is 0 Å². The average molecular weight is 701 g/mol. The monoisotopic (exact) mass is 701 g/mol. The maximum atomic E-state index is 11.5. The minimum Gasteiger partial charge on any atom is -0.512 e. The molecule has 209 valence electrons. The van der Waals surface area contributed by atoms with Gasteiger partial charge < -0.3 is 10.1 Å². The molecule has 1 radical (unpaired) electrons. The van der Waals surface area contributed by atoms with Crippen molar-refractivity contribution in [2.75, 3.05) is 0 Å². The summed E-state index contributed by atoms with van der Waals surface area (Å²) < 4.78 is 0. The van der Waals surface area contributed by atoms with E-state index < -0.39 is 5.41 Å². The second kappa shape index (κ2) is 12.1. The van der Waals surface area contributed by atoms with Crippen LogP contribution in [0.5, 0.6) is 0 Å². The first kappa shape index (κ1) is 32.4. The van der Waals surface area contributed by atoms with E-state index in [1.165, 1.54) is 55.4 Å². The number of ketones is 1. The number of rotatable bonds is 2. The SMILES string of the molecule is CC(C)(C)C(=O)/C=C(\O)C(C)(C)C.Cc1[c-]c(-c2nccc3c2ccc2c(C)c(C)ccc23)cc(C)c1C.[Ir]. The van der Waals surface area contributed by atoms with E-state index in [1.807, 2.05) is 47.7 Å². The summed E-state index contributed by atoms with van der Waals surface area (Å²) >= 11 is 0. The molecule has 1 N–H and O–H groups in total. The zero-order valence-electron chi connectivity index (χ0n) is 25.3.